The topological polar surface area (TPSA) is 77.8 Å². The van der Waals surface area contributed by atoms with Gasteiger partial charge in [0, 0.05) is 18.8 Å². The van der Waals surface area contributed by atoms with E-state index in [9.17, 15) is 0 Å². The lowest BCUT2D eigenvalue weighted by molar-refractivity contribution is 0.292. The van der Waals surface area contributed by atoms with E-state index in [-0.39, 0.29) is 11.3 Å². The van der Waals surface area contributed by atoms with Crippen LogP contribution in [0.4, 0.5) is 11.8 Å². The Bertz CT molecular complexity index is 551. The van der Waals surface area contributed by atoms with Crippen LogP contribution < -0.4 is 10.1 Å². The zero-order chi connectivity index (χ0) is 13.8. The summed E-state index contributed by atoms with van der Waals surface area (Å²) in [6.45, 7) is 4.48. The highest BCUT2D eigenvalue weighted by Gasteiger charge is 2.08. The first kappa shape index (κ1) is 13.5. The predicted octanol–water partition coefficient (Wildman–Crippen LogP) is 2.10. The maximum Gasteiger partial charge on any atom is 0.322 e. The van der Waals surface area contributed by atoms with Crippen LogP contribution >= 0.6 is 11.6 Å². The standard InChI is InChI=1S/C11H15ClN6O/c1-4-5-19-11-15-9(12)14-10(16-11)13-8-6-7(2)18(3)17-8/h6H,4-5H2,1-3H3,(H,13,14,15,16,17). The van der Waals surface area contributed by atoms with Crippen molar-refractivity contribution in [2.24, 2.45) is 7.05 Å². The number of aromatic nitrogens is 5. The number of aryl methyl sites for hydroxylation is 2. The first-order valence-corrected chi connectivity index (χ1v) is 6.28. The van der Waals surface area contributed by atoms with Crippen LogP contribution in [0.25, 0.3) is 0 Å². The third-order valence-corrected chi connectivity index (χ3v) is 2.55. The SMILES string of the molecule is CCCOc1nc(Cl)nc(Nc2cc(C)n(C)n2)n1. The normalized spacial score (nSPS) is 10.5. The summed E-state index contributed by atoms with van der Waals surface area (Å²) in [4.78, 5) is 12.0. The van der Waals surface area contributed by atoms with Gasteiger partial charge in [-0.25, -0.2) is 0 Å². The van der Waals surface area contributed by atoms with Gasteiger partial charge in [0.2, 0.25) is 11.2 Å². The van der Waals surface area contributed by atoms with Crippen LogP contribution in [0.1, 0.15) is 19.0 Å². The van der Waals surface area contributed by atoms with Crippen molar-refractivity contribution in [3.05, 3.63) is 17.0 Å². The maximum atomic E-state index is 5.82. The molecule has 0 saturated carbocycles. The van der Waals surface area contributed by atoms with E-state index in [1.165, 1.54) is 0 Å². The van der Waals surface area contributed by atoms with E-state index >= 15 is 0 Å². The number of nitrogens with zero attached hydrogens (tertiary/aromatic N) is 5. The Morgan fingerprint density at radius 1 is 1.37 bits per heavy atom. The molecule has 0 unspecified atom stereocenters. The van der Waals surface area contributed by atoms with Crippen LogP contribution in [0.15, 0.2) is 6.07 Å². The summed E-state index contributed by atoms with van der Waals surface area (Å²) in [5, 5.41) is 7.29. The summed E-state index contributed by atoms with van der Waals surface area (Å²) >= 11 is 5.82. The summed E-state index contributed by atoms with van der Waals surface area (Å²) in [6, 6.07) is 2.08. The lowest BCUT2D eigenvalue weighted by Crippen LogP contribution is -2.05. The number of hydrogen-bond donors (Lipinski definition) is 1. The average Bonchev–Trinajstić information content (AvgIpc) is 2.65. The van der Waals surface area contributed by atoms with Crippen molar-refractivity contribution < 1.29 is 4.74 Å². The van der Waals surface area contributed by atoms with Gasteiger partial charge in [0.05, 0.1) is 6.61 Å². The van der Waals surface area contributed by atoms with Crippen molar-refractivity contribution in [1.82, 2.24) is 24.7 Å². The largest absolute Gasteiger partial charge is 0.463 e. The van der Waals surface area contributed by atoms with E-state index in [1.54, 1.807) is 4.68 Å². The number of hydrogen-bond acceptors (Lipinski definition) is 6. The van der Waals surface area contributed by atoms with Crippen molar-refractivity contribution in [3.63, 3.8) is 0 Å². The molecule has 1 N–H and O–H groups in total. The summed E-state index contributed by atoms with van der Waals surface area (Å²) in [5.41, 5.74) is 1.02. The molecule has 0 amide bonds. The fourth-order valence-corrected chi connectivity index (χ4v) is 1.53. The van der Waals surface area contributed by atoms with Crippen molar-refractivity contribution >= 4 is 23.4 Å². The van der Waals surface area contributed by atoms with Gasteiger partial charge in [0.1, 0.15) is 0 Å². The van der Waals surface area contributed by atoms with E-state index in [0.717, 1.165) is 12.1 Å². The molecule has 2 aromatic rings. The van der Waals surface area contributed by atoms with E-state index in [2.05, 4.69) is 25.4 Å². The third-order valence-electron chi connectivity index (χ3n) is 2.38. The number of ether oxygens (including phenoxy) is 1. The van der Waals surface area contributed by atoms with Crippen molar-refractivity contribution in [2.75, 3.05) is 11.9 Å². The molecule has 2 heterocycles. The second kappa shape index (κ2) is 5.83. The minimum Gasteiger partial charge on any atom is -0.463 e. The van der Waals surface area contributed by atoms with Gasteiger partial charge in [-0.05, 0) is 24.9 Å². The predicted molar refractivity (Wildman–Crippen MR) is 71.9 cm³/mol. The molecule has 102 valence electrons. The molecule has 0 radical (unpaired) electrons. The second-order valence-electron chi connectivity index (χ2n) is 3.98. The number of nitrogens with one attached hydrogen (secondary N) is 1. The van der Waals surface area contributed by atoms with Gasteiger partial charge in [0.25, 0.3) is 0 Å². The fourth-order valence-electron chi connectivity index (χ4n) is 1.38. The molecule has 0 aliphatic rings. The molecular weight excluding hydrogens is 268 g/mol. The lowest BCUT2D eigenvalue weighted by atomic mass is 10.5. The Kier molecular flexibility index (Phi) is 4.16. The van der Waals surface area contributed by atoms with Crippen LogP contribution in [0.5, 0.6) is 6.01 Å². The van der Waals surface area contributed by atoms with Gasteiger partial charge in [-0.15, -0.1) is 0 Å². The van der Waals surface area contributed by atoms with Crippen molar-refractivity contribution in [1.29, 1.82) is 0 Å². The molecule has 0 aromatic carbocycles. The second-order valence-corrected chi connectivity index (χ2v) is 4.32. The summed E-state index contributed by atoms with van der Waals surface area (Å²) in [5.74, 6) is 0.952. The molecule has 0 aliphatic carbocycles. The Hall–Kier alpha value is -1.89. The summed E-state index contributed by atoms with van der Waals surface area (Å²) in [6.07, 6.45) is 0.867. The van der Waals surface area contributed by atoms with E-state index in [4.69, 9.17) is 16.3 Å². The van der Waals surface area contributed by atoms with Gasteiger partial charge < -0.3 is 10.1 Å². The highest BCUT2D eigenvalue weighted by molar-refractivity contribution is 6.28. The molecule has 0 aliphatic heterocycles. The van der Waals surface area contributed by atoms with Crippen LogP contribution in [0.3, 0.4) is 0 Å². The molecule has 0 spiro atoms. The lowest BCUT2D eigenvalue weighted by Gasteiger charge is -2.05. The highest BCUT2D eigenvalue weighted by Crippen LogP contribution is 2.16. The van der Waals surface area contributed by atoms with E-state index in [1.807, 2.05) is 27.0 Å². The monoisotopic (exact) mass is 282 g/mol. The molecule has 0 saturated heterocycles. The Morgan fingerprint density at radius 3 is 2.79 bits per heavy atom. The first-order chi connectivity index (χ1) is 9.08. The fraction of sp³-hybridized carbons (Fsp3) is 0.455. The van der Waals surface area contributed by atoms with E-state index in [0.29, 0.717) is 18.4 Å². The van der Waals surface area contributed by atoms with Crippen molar-refractivity contribution in [2.45, 2.75) is 20.3 Å². The molecule has 2 rings (SSSR count). The van der Waals surface area contributed by atoms with Crippen LogP contribution in [0.2, 0.25) is 5.28 Å². The molecule has 2 aromatic heterocycles. The zero-order valence-electron chi connectivity index (χ0n) is 11.0. The van der Waals surface area contributed by atoms with E-state index < -0.39 is 0 Å². The van der Waals surface area contributed by atoms with Gasteiger partial charge in [0.15, 0.2) is 5.82 Å². The molecule has 8 heteroatoms. The Labute approximate surface area is 116 Å². The highest BCUT2D eigenvalue weighted by atomic mass is 35.5. The third kappa shape index (κ3) is 3.54. The number of halogens is 1. The number of rotatable bonds is 5. The van der Waals surface area contributed by atoms with Gasteiger partial charge in [-0.3, -0.25) is 4.68 Å². The zero-order valence-corrected chi connectivity index (χ0v) is 11.8. The van der Waals surface area contributed by atoms with Gasteiger partial charge >= 0.3 is 6.01 Å². The first-order valence-electron chi connectivity index (χ1n) is 5.90. The molecule has 0 bridgehead atoms. The average molecular weight is 283 g/mol. The maximum absolute atomic E-state index is 5.82. The Balaban J connectivity index is 2.17. The number of anilines is 2. The van der Waals surface area contributed by atoms with Crippen LogP contribution in [0, 0.1) is 6.92 Å². The quantitative estimate of drug-likeness (QED) is 0.905. The molecule has 7 nitrogen and oxygen atoms in total. The summed E-state index contributed by atoms with van der Waals surface area (Å²) < 4.78 is 7.08. The molecule has 19 heavy (non-hydrogen) atoms. The molecule has 0 fully saturated rings. The Morgan fingerprint density at radius 2 is 2.16 bits per heavy atom. The van der Waals surface area contributed by atoms with Gasteiger partial charge in [-0.1, -0.05) is 6.92 Å². The van der Waals surface area contributed by atoms with Crippen LogP contribution in [-0.4, -0.2) is 31.3 Å². The van der Waals surface area contributed by atoms with Gasteiger partial charge in [-0.2, -0.15) is 20.1 Å². The summed E-state index contributed by atoms with van der Waals surface area (Å²) in [7, 11) is 1.86. The molecular formula is C11H15ClN6O. The van der Waals surface area contributed by atoms with Crippen molar-refractivity contribution in [3.8, 4) is 6.01 Å². The smallest absolute Gasteiger partial charge is 0.322 e. The van der Waals surface area contributed by atoms with Crippen LogP contribution in [-0.2, 0) is 7.05 Å². The molecule has 0 atom stereocenters. The minimum atomic E-state index is 0.0799. The minimum absolute atomic E-state index is 0.0799.